The van der Waals surface area contributed by atoms with Gasteiger partial charge in [0.25, 0.3) is 0 Å². The number of benzene rings is 4. The van der Waals surface area contributed by atoms with E-state index >= 15 is 0 Å². The van der Waals surface area contributed by atoms with E-state index in [1.807, 2.05) is 56.4 Å². The van der Waals surface area contributed by atoms with Crippen molar-refractivity contribution in [2.24, 2.45) is 0 Å². The Labute approximate surface area is 217 Å². The third-order valence-corrected chi connectivity index (χ3v) is 6.63. The molecule has 0 saturated heterocycles. The van der Waals surface area contributed by atoms with E-state index in [9.17, 15) is 4.79 Å². The minimum atomic E-state index is -0.684. The molecule has 0 spiro atoms. The predicted octanol–water partition coefficient (Wildman–Crippen LogP) is 6.57. The van der Waals surface area contributed by atoms with E-state index < -0.39 is 5.54 Å². The first kappa shape index (κ1) is 24.4. The van der Waals surface area contributed by atoms with Gasteiger partial charge in [0.05, 0.1) is 6.33 Å². The third kappa shape index (κ3) is 4.27. The zero-order chi connectivity index (χ0) is 23.5. The first-order chi connectivity index (χ1) is 16.6. The maximum atomic E-state index is 13.5. The van der Waals surface area contributed by atoms with Gasteiger partial charge in [-0.25, -0.2) is 4.98 Å². The summed E-state index contributed by atoms with van der Waals surface area (Å²) in [5, 5.41) is 0. The first-order valence-electron chi connectivity index (χ1n) is 11.4. The fourth-order valence-corrected chi connectivity index (χ4v) is 4.74. The van der Waals surface area contributed by atoms with Crippen LogP contribution >= 0.6 is 0 Å². The van der Waals surface area contributed by atoms with Crippen LogP contribution < -0.4 is 0 Å². The molecule has 0 atom stereocenters. The van der Waals surface area contributed by atoms with Crippen molar-refractivity contribution < 1.29 is 21.9 Å². The van der Waals surface area contributed by atoms with Gasteiger partial charge in [0.1, 0.15) is 11.2 Å². The number of aryl methyl sites for hydroxylation is 1. The molecule has 0 aliphatic carbocycles. The van der Waals surface area contributed by atoms with E-state index in [1.54, 1.807) is 6.33 Å². The summed E-state index contributed by atoms with van der Waals surface area (Å²) in [5.41, 5.74) is 5.80. The van der Waals surface area contributed by atoms with Crippen molar-refractivity contribution >= 4 is 5.78 Å². The molecule has 0 fully saturated rings. The molecule has 0 amide bonds. The molecule has 0 aliphatic rings. The molecule has 0 saturated carbocycles. The van der Waals surface area contributed by atoms with Crippen molar-refractivity contribution in [2.45, 2.75) is 19.4 Å². The maximum Gasteiger partial charge on any atom is 0.213 e. The molecule has 4 aromatic carbocycles. The predicted molar refractivity (Wildman–Crippen MR) is 136 cm³/mol. The summed E-state index contributed by atoms with van der Waals surface area (Å²) in [6.07, 6.45) is 3.67. The van der Waals surface area contributed by atoms with E-state index in [0.29, 0.717) is 11.3 Å². The van der Waals surface area contributed by atoms with E-state index in [4.69, 9.17) is 0 Å². The van der Waals surface area contributed by atoms with Crippen LogP contribution in [0.25, 0.3) is 0 Å². The number of aromatic nitrogens is 2. The first-order valence-corrected chi connectivity index (χ1v) is 11.4. The number of rotatable bonds is 6. The summed E-state index contributed by atoms with van der Waals surface area (Å²) < 4.78 is 2.07. The van der Waals surface area contributed by atoms with Crippen LogP contribution in [0.4, 0.5) is 0 Å². The zero-order valence-corrected chi connectivity index (χ0v) is 20.9. The van der Waals surface area contributed by atoms with E-state index in [2.05, 4.69) is 82.3 Å². The SMILES string of the molecule is Cc1cccc(C(=O)c2cn(C(c3ccccc3)(c3ccccc3)c3ccccc3)cn2)c1C.[Mn]. The quantitative estimate of drug-likeness (QED) is 0.151. The van der Waals surface area contributed by atoms with Gasteiger partial charge in [-0.1, -0.05) is 109 Å². The van der Waals surface area contributed by atoms with Crippen molar-refractivity contribution in [3.63, 3.8) is 0 Å². The molecule has 35 heavy (non-hydrogen) atoms. The summed E-state index contributed by atoms with van der Waals surface area (Å²) in [6.45, 7) is 4.01. The summed E-state index contributed by atoms with van der Waals surface area (Å²) in [5.74, 6) is -0.0666. The molecule has 1 heterocycles. The van der Waals surface area contributed by atoms with Crippen LogP contribution in [0.2, 0.25) is 0 Å². The van der Waals surface area contributed by atoms with Crippen LogP contribution in [-0.4, -0.2) is 15.3 Å². The van der Waals surface area contributed by atoms with Gasteiger partial charge >= 0.3 is 0 Å². The molecular weight excluding hydrogens is 471 g/mol. The number of carbonyl (C=O) groups excluding carboxylic acids is 1. The molecule has 3 nitrogen and oxygen atoms in total. The molecule has 4 heteroatoms. The fourth-order valence-electron chi connectivity index (χ4n) is 4.74. The molecule has 5 rings (SSSR count). The second-order valence-corrected chi connectivity index (χ2v) is 8.55. The van der Waals surface area contributed by atoms with Crippen LogP contribution in [0.5, 0.6) is 0 Å². The number of nitrogens with zero attached hydrogens (tertiary/aromatic N) is 2. The maximum absolute atomic E-state index is 13.5. The molecule has 0 bridgehead atoms. The van der Waals surface area contributed by atoms with Crippen molar-refractivity contribution in [1.82, 2.24) is 9.55 Å². The monoisotopic (exact) mass is 497 g/mol. The van der Waals surface area contributed by atoms with Gasteiger partial charge in [-0.15, -0.1) is 0 Å². The van der Waals surface area contributed by atoms with Gasteiger partial charge in [-0.3, -0.25) is 4.79 Å². The minimum Gasteiger partial charge on any atom is -0.318 e. The molecule has 1 radical (unpaired) electrons. The molecule has 1 aromatic heterocycles. The average Bonchev–Trinajstić information content (AvgIpc) is 3.38. The average molecular weight is 498 g/mol. The van der Waals surface area contributed by atoms with Gasteiger partial charge in [0, 0.05) is 28.8 Å². The Morgan fingerprint density at radius 2 is 1.17 bits per heavy atom. The van der Waals surface area contributed by atoms with E-state index in [-0.39, 0.29) is 22.9 Å². The van der Waals surface area contributed by atoms with Crippen LogP contribution in [0, 0.1) is 13.8 Å². The summed E-state index contributed by atoms with van der Waals surface area (Å²) in [4.78, 5) is 18.1. The van der Waals surface area contributed by atoms with Crippen LogP contribution in [0.3, 0.4) is 0 Å². The van der Waals surface area contributed by atoms with Crippen molar-refractivity contribution in [1.29, 1.82) is 0 Å². The van der Waals surface area contributed by atoms with Crippen LogP contribution in [0.1, 0.15) is 43.9 Å². The Morgan fingerprint density at radius 3 is 1.66 bits per heavy atom. The Kier molecular flexibility index (Phi) is 7.16. The van der Waals surface area contributed by atoms with Gasteiger partial charge in [-0.2, -0.15) is 0 Å². The van der Waals surface area contributed by atoms with Crippen molar-refractivity contribution in [2.75, 3.05) is 0 Å². The number of ketones is 1. The summed E-state index contributed by atoms with van der Waals surface area (Å²) >= 11 is 0. The molecule has 0 N–H and O–H groups in total. The molecule has 173 valence electrons. The second kappa shape index (κ2) is 10.3. The Hall–Kier alpha value is -3.72. The van der Waals surface area contributed by atoms with E-state index in [0.717, 1.165) is 27.8 Å². The summed E-state index contributed by atoms with van der Waals surface area (Å²) in [6, 6.07) is 37.0. The Bertz CT molecular complexity index is 1330. The smallest absolute Gasteiger partial charge is 0.213 e. The summed E-state index contributed by atoms with van der Waals surface area (Å²) in [7, 11) is 0. The van der Waals surface area contributed by atoms with Crippen molar-refractivity contribution in [3.8, 4) is 0 Å². The molecule has 5 aromatic rings. The van der Waals surface area contributed by atoms with Gasteiger partial charge in [0.2, 0.25) is 5.78 Å². The van der Waals surface area contributed by atoms with Gasteiger partial charge in [0.15, 0.2) is 0 Å². The third-order valence-electron chi connectivity index (χ3n) is 6.63. The number of hydrogen-bond donors (Lipinski definition) is 0. The standard InChI is InChI=1S/C31H26N2O.Mn/c1-23-13-12-20-28(24(23)2)30(34)29-21-33(22-32-29)31(25-14-6-3-7-15-25,26-16-8-4-9-17-26)27-18-10-5-11-19-27;/h3-22H,1-2H3;. The Morgan fingerprint density at radius 1 is 0.686 bits per heavy atom. The topological polar surface area (TPSA) is 34.9 Å². The number of imidazole rings is 1. The van der Waals surface area contributed by atoms with Gasteiger partial charge < -0.3 is 4.57 Å². The van der Waals surface area contributed by atoms with Crippen LogP contribution in [0.15, 0.2) is 122 Å². The largest absolute Gasteiger partial charge is 0.318 e. The minimum absolute atomic E-state index is 0. The normalized spacial score (nSPS) is 11.0. The number of hydrogen-bond acceptors (Lipinski definition) is 2. The zero-order valence-electron chi connectivity index (χ0n) is 19.7. The van der Waals surface area contributed by atoms with E-state index in [1.165, 1.54) is 0 Å². The van der Waals surface area contributed by atoms with Crippen molar-refractivity contribution in [3.05, 3.63) is 161 Å². The fraction of sp³-hybridized carbons (Fsp3) is 0.0968. The number of carbonyl (C=O) groups is 1. The van der Waals surface area contributed by atoms with Crippen LogP contribution in [-0.2, 0) is 22.6 Å². The Balaban J connectivity index is 0.00000289. The molecule has 0 unspecified atom stereocenters. The second-order valence-electron chi connectivity index (χ2n) is 8.55. The molecular formula is C31H26MnN2O. The van der Waals surface area contributed by atoms with Gasteiger partial charge in [-0.05, 0) is 41.7 Å². The molecule has 0 aliphatic heterocycles.